The van der Waals surface area contributed by atoms with Gasteiger partial charge in [0.15, 0.2) is 0 Å². The van der Waals surface area contributed by atoms with Crippen molar-refractivity contribution in [1.29, 1.82) is 0 Å². The predicted molar refractivity (Wildman–Crippen MR) is 99.6 cm³/mol. The van der Waals surface area contributed by atoms with Crippen molar-refractivity contribution in [2.75, 3.05) is 6.54 Å². The number of aryl methyl sites for hydroxylation is 2. The standard InChI is InChI=1S/C19H21N3O5/c1-12-8-13(2)14(3)17(9-12)27-18(23)11-21-19(24)20-10-15-4-6-16(7-5-15)22(25)26/h4-9H,10-11H2,1-3H3,(H2,20,21,24). The van der Waals surface area contributed by atoms with Gasteiger partial charge in [0.05, 0.1) is 4.92 Å². The van der Waals surface area contributed by atoms with Gasteiger partial charge >= 0.3 is 12.0 Å². The lowest BCUT2D eigenvalue weighted by Gasteiger charge is -2.11. The van der Waals surface area contributed by atoms with Gasteiger partial charge in [-0.3, -0.25) is 10.1 Å². The van der Waals surface area contributed by atoms with Crippen LogP contribution in [0.5, 0.6) is 5.75 Å². The molecule has 8 nitrogen and oxygen atoms in total. The molecule has 0 aliphatic rings. The Morgan fingerprint density at radius 3 is 2.37 bits per heavy atom. The molecule has 2 amide bonds. The Bertz CT molecular complexity index is 862. The predicted octanol–water partition coefficient (Wildman–Crippen LogP) is 2.92. The summed E-state index contributed by atoms with van der Waals surface area (Å²) in [4.78, 5) is 33.8. The average Bonchev–Trinajstić information content (AvgIpc) is 2.62. The number of esters is 1. The van der Waals surface area contributed by atoms with E-state index in [0.29, 0.717) is 11.3 Å². The van der Waals surface area contributed by atoms with Crippen LogP contribution in [-0.4, -0.2) is 23.5 Å². The lowest BCUT2D eigenvalue weighted by Crippen LogP contribution is -2.39. The molecule has 0 spiro atoms. The second kappa shape index (κ2) is 8.79. The summed E-state index contributed by atoms with van der Waals surface area (Å²) in [5.41, 5.74) is 3.55. The molecule has 0 aliphatic heterocycles. The van der Waals surface area contributed by atoms with Crippen LogP contribution in [0.1, 0.15) is 22.3 Å². The van der Waals surface area contributed by atoms with E-state index in [0.717, 1.165) is 16.7 Å². The fourth-order valence-electron chi connectivity index (χ4n) is 2.40. The highest BCUT2D eigenvalue weighted by Gasteiger charge is 2.11. The molecule has 142 valence electrons. The molecule has 2 rings (SSSR count). The molecule has 2 aromatic carbocycles. The number of nitrogens with one attached hydrogen (secondary N) is 2. The summed E-state index contributed by atoms with van der Waals surface area (Å²) in [6, 6.07) is 9.05. The first kappa shape index (κ1) is 19.9. The van der Waals surface area contributed by atoms with E-state index >= 15 is 0 Å². The number of rotatable bonds is 6. The van der Waals surface area contributed by atoms with Gasteiger partial charge in [-0.2, -0.15) is 0 Å². The molecule has 0 bridgehead atoms. The molecule has 0 heterocycles. The molecule has 0 aromatic heterocycles. The van der Waals surface area contributed by atoms with E-state index in [2.05, 4.69) is 10.6 Å². The van der Waals surface area contributed by atoms with Gasteiger partial charge in [0.2, 0.25) is 0 Å². The van der Waals surface area contributed by atoms with Crippen molar-refractivity contribution >= 4 is 17.7 Å². The highest BCUT2D eigenvalue weighted by molar-refractivity contribution is 5.82. The lowest BCUT2D eigenvalue weighted by molar-refractivity contribution is -0.384. The van der Waals surface area contributed by atoms with Crippen molar-refractivity contribution in [2.24, 2.45) is 0 Å². The summed E-state index contributed by atoms with van der Waals surface area (Å²) in [7, 11) is 0. The van der Waals surface area contributed by atoms with E-state index in [-0.39, 0.29) is 18.8 Å². The molecule has 0 fully saturated rings. The summed E-state index contributed by atoms with van der Waals surface area (Å²) in [6.07, 6.45) is 0. The third-order valence-corrected chi connectivity index (χ3v) is 3.98. The molecule has 0 aliphatic carbocycles. The Balaban J connectivity index is 1.79. The van der Waals surface area contributed by atoms with Gasteiger partial charge in [-0.1, -0.05) is 18.2 Å². The van der Waals surface area contributed by atoms with Crippen LogP contribution in [0.4, 0.5) is 10.5 Å². The van der Waals surface area contributed by atoms with Crippen LogP contribution in [0, 0.1) is 30.9 Å². The molecular weight excluding hydrogens is 350 g/mol. The molecule has 0 atom stereocenters. The van der Waals surface area contributed by atoms with Crippen molar-refractivity contribution in [2.45, 2.75) is 27.3 Å². The van der Waals surface area contributed by atoms with Crippen LogP contribution in [0.3, 0.4) is 0 Å². The molecule has 2 aromatic rings. The Hall–Kier alpha value is -3.42. The molecule has 2 N–H and O–H groups in total. The van der Waals surface area contributed by atoms with E-state index in [4.69, 9.17) is 4.74 Å². The van der Waals surface area contributed by atoms with Gasteiger partial charge in [-0.25, -0.2) is 9.59 Å². The average molecular weight is 371 g/mol. The first-order valence-electron chi connectivity index (χ1n) is 8.30. The topological polar surface area (TPSA) is 111 Å². The van der Waals surface area contributed by atoms with Gasteiger partial charge < -0.3 is 15.4 Å². The molecule has 27 heavy (non-hydrogen) atoms. The van der Waals surface area contributed by atoms with Crippen molar-refractivity contribution in [1.82, 2.24) is 10.6 Å². The maximum absolute atomic E-state index is 11.9. The molecule has 0 saturated heterocycles. The lowest BCUT2D eigenvalue weighted by atomic mass is 10.1. The number of carbonyl (C=O) groups excluding carboxylic acids is 2. The number of amides is 2. The fraction of sp³-hybridized carbons (Fsp3) is 0.263. The van der Waals surface area contributed by atoms with Crippen LogP contribution in [-0.2, 0) is 11.3 Å². The zero-order valence-electron chi connectivity index (χ0n) is 15.4. The summed E-state index contributed by atoms with van der Waals surface area (Å²) >= 11 is 0. The SMILES string of the molecule is Cc1cc(C)c(C)c(OC(=O)CNC(=O)NCc2ccc([N+](=O)[O-])cc2)c1. The smallest absolute Gasteiger partial charge is 0.330 e. The van der Waals surface area contributed by atoms with Crippen LogP contribution in [0.2, 0.25) is 0 Å². The Morgan fingerprint density at radius 1 is 1.07 bits per heavy atom. The normalized spacial score (nSPS) is 10.2. The Morgan fingerprint density at radius 2 is 1.74 bits per heavy atom. The molecule has 0 unspecified atom stereocenters. The zero-order chi connectivity index (χ0) is 20.0. The number of ether oxygens (including phenoxy) is 1. The number of nitro groups is 1. The van der Waals surface area contributed by atoms with E-state index in [1.165, 1.54) is 12.1 Å². The molecular formula is C19H21N3O5. The van der Waals surface area contributed by atoms with Crippen LogP contribution < -0.4 is 15.4 Å². The van der Waals surface area contributed by atoms with E-state index in [1.54, 1.807) is 18.2 Å². The van der Waals surface area contributed by atoms with E-state index in [1.807, 2.05) is 26.8 Å². The van der Waals surface area contributed by atoms with E-state index in [9.17, 15) is 19.7 Å². The number of carbonyl (C=O) groups is 2. The maximum atomic E-state index is 11.9. The molecule has 0 radical (unpaired) electrons. The fourth-order valence-corrected chi connectivity index (χ4v) is 2.40. The zero-order valence-corrected chi connectivity index (χ0v) is 15.4. The van der Waals surface area contributed by atoms with Gasteiger partial charge in [-0.05, 0) is 49.1 Å². The van der Waals surface area contributed by atoms with Crippen LogP contribution in [0.25, 0.3) is 0 Å². The van der Waals surface area contributed by atoms with Crippen LogP contribution in [0.15, 0.2) is 36.4 Å². The van der Waals surface area contributed by atoms with Crippen molar-refractivity contribution in [3.05, 3.63) is 68.8 Å². The largest absolute Gasteiger partial charge is 0.425 e. The number of non-ortho nitro benzene ring substituents is 1. The number of benzene rings is 2. The molecule has 0 saturated carbocycles. The number of nitro benzene ring substituents is 1. The van der Waals surface area contributed by atoms with Gasteiger partial charge in [0, 0.05) is 18.7 Å². The van der Waals surface area contributed by atoms with Crippen molar-refractivity contribution < 1.29 is 19.2 Å². The minimum absolute atomic E-state index is 0.0207. The Kier molecular flexibility index (Phi) is 6.48. The Labute approximate surface area is 156 Å². The van der Waals surface area contributed by atoms with Crippen LogP contribution >= 0.6 is 0 Å². The van der Waals surface area contributed by atoms with Crippen molar-refractivity contribution in [3.8, 4) is 5.75 Å². The number of hydrogen-bond donors (Lipinski definition) is 2. The maximum Gasteiger partial charge on any atom is 0.330 e. The minimum atomic E-state index is -0.575. The third kappa shape index (κ3) is 5.81. The number of nitrogens with zero attached hydrogens (tertiary/aromatic N) is 1. The monoisotopic (exact) mass is 371 g/mol. The first-order chi connectivity index (χ1) is 12.8. The number of hydrogen-bond acceptors (Lipinski definition) is 5. The summed E-state index contributed by atoms with van der Waals surface area (Å²) in [5, 5.41) is 15.6. The van der Waals surface area contributed by atoms with Crippen molar-refractivity contribution in [3.63, 3.8) is 0 Å². The highest BCUT2D eigenvalue weighted by Crippen LogP contribution is 2.23. The second-order valence-corrected chi connectivity index (χ2v) is 6.14. The van der Waals surface area contributed by atoms with Gasteiger partial charge in [-0.15, -0.1) is 0 Å². The third-order valence-electron chi connectivity index (χ3n) is 3.98. The summed E-state index contributed by atoms with van der Waals surface area (Å²) in [5.74, 6) is -0.0980. The summed E-state index contributed by atoms with van der Waals surface area (Å²) in [6.45, 7) is 5.60. The number of urea groups is 1. The van der Waals surface area contributed by atoms with E-state index < -0.39 is 16.9 Å². The first-order valence-corrected chi connectivity index (χ1v) is 8.30. The van der Waals surface area contributed by atoms with Gasteiger partial charge in [0.25, 0.3) is 5.69 Å². The minimum Gasteiger partial charge on any atom is -0.425 e. The summed E-state index contributed by atoms with van der Waals surface area (Å²) < 4.78 is 5.31. The van der Waals surface area contributed by atoms with Gasteiger partial charge in [0.1, 0.15) is 12.3 Å². The molecule has 8 heteroatoms. The highest BCUT2D eigenvalue weighted by atomic mass is 16.6. The quantitative estimate of drug-likeness (QED) is 0.351. The second-order valence-electron chi connectivity index (χ2n) is 6.14.